The summed E-state index contributed by atoms with van der Waals surface area (Å²) in [6, 6.07) is 2.08. The van der Waals surface area contributed by atoms with Crippen molar-refractivity contribution >= 4 is 31.0 Å². The van der Waals surface area contributed by atoms with Crippen molar-refractivity contribution in [2.45, 2.75) is 0 Å². The molecular weight excluding hydrogens is 335 g/mol. The lowest BCUT2D eigenvalue weighted by molar-refractivity contribution is 0.237. The van der Waals surface area contributed by atoms with E-state index in [-0.39, 0.29) is 24.8 Å². The Hall–Kier alpha value is -2.68. The van der Waals surface area contributed by atoms with Crippen molar-refractivity contribution in [2.24, 2.45) is 15.6 Å². The van der Waals surface area contributed by atoms with Crippen LogP contribution in [0, 0.1) is 11.3 Å². The molecule has 5 nitrogen and oxygen atoms in total. The number of allylic oxidation sites excluding steroid dienone is 13. The molecule has 0 aliphatic carbocycles. The normalized spacial score (nSPS) is 27.7. The van der Waals surface area contributed by atoms with Gasteiger partial charge in [-0.1, -0.05) is 48.6 Å². The second kappa shape index (κ2) is 17.4. The summed E-state index contributed by atoms with van der Waals surface area (Å²) < 4.78 is 0. The number of hydrogen-bond donors (Lipinski definition) is 0. The fraction of sp³-hybridized carbons (Fsp3) is 0. The molecule has 1 aliphatic rings. The van der Waals surface area contributed by atoms with E-state index in [1.807, 2.05) is 30.4 Å². The largest absolute Gasteiger partial charge is 0.346 e. The van der Waals surface area contributed by atoms with Crippen molar-refractivity contribution in [3.63, 3.8) is 0 Å². The summed E-state index contributed by atoms with van der Waals surface area (Å²) >= 11 is 0. The van der Waals surface area contributed by atoms with Crippen LogP contribution >= 0.6 is 24.8 Å². The van der Waals surface area contributed by atoms with Crippen LogP contribution in [-0.4, -0.2) is 6.21 Å². The summed E-state index contributed by atoms with van der Waals surface area (Å²) in [5, 5.41) is 19.3. The van der Waals surface area contributed by atoms with Crippen LogP contribution in [0.2, 0.25) is 0 Å². The van der Waals surface area contributed by atoms with Gasteiger partial charge in [0.25, 0.3) is 0 Å². The molecule has 0 fully saturated rings. The molecule has 0 atom stereocenters. The molecule has 0 aromatic carbocycles. The lowest BCUT2D eigenvalue weighted by atomic mass is 10.2. The van der Waals surface area contributed by atoms with Gasteiger partial charge in [0.2, 0.25) is 0 Å². The van der Waals surface area contributed by atoms with Crippen LogP contribution in [-0.2, 0) is 4.84 Å². The van der Waals surface area contributed by atoms with Crippen LogP contribution < -0.4 is 0 Å². The van der Waals surface area contributed by atoms with E-state index in [0.29, 0.717) is 5.57 Å². The third-order valence-corrected chi connectivity index (χ3v) is 2.00. The highest BCUT2D eigenvalue weighted by molar-refractivity contribution is 5.85. The van der Waals surface area contributed by atoms with Gasteiger partial charge in [0.1, 0.15) is 6.26 Å². The van der Waals surface area contributed by atoms with Crippen LogP contribution in [0.4, 0.5) is 0 Å². The Bertz CT molecular complexity index is 618. The van der Waals surface area contributed by atoms with Gasteiger partial charge < -0.3 is 4.84 Å². The minimum atomic E-state index is 0. The summed E-state index contributed by atoms with van der Waals surface area (Å²) in [6.07, 6.45) is 24.0. The van der Waals surface area contributed by atoms with E-state index in [0.717, 1.165) is 0 Å². The van der Waals surface area contributed by atoms with Gasteiger partial charge >= 0.3 is 0 Å². The minimum absolute atomic E-state index is 0. The standard InChI is InChI=1S/C16H14N4O.2ClH/c17-15-16-11-7-5-3-1-2-4-6-10-14-21-20-19-18-13-9-8-12-16;;/h1-14H;2*1H/b2-1+,5-3+,6-4+,9-8+,11-7+,14-10-,16-12-,18-13-,20-19+;;. The lowest BCUT2D eigenvalue weighted by Gasteiger charge is -1.82. The maximum absolute atomic E-state index is 8.94. The molecule has 0 N–H and O–H groups in total. The molecule has 1 aliphatic heterocycles. The summed E-state index contributed by atoms with van der Waals surface area (Å²) in [6.45, 7) is 0. The van der Waals surface area contributed by atoms with Crippen LogP contribution in [0.15, 0.2) is 100 Å². The summed E-state index contributed by atoms with van der Waals surface area (Å²) in [7, 11) is 0. The molecule has 1 rings (SSSR count). The first-order chi connectivity index (χ1) is 10.4. The monoisotopic (exact) mass is 350 g/mol. The molecule has 120 valence electrons. The molecule has 0 aromatic heterocycles. The van der Waals surface area contributed by atoms with Gasteiger partial charge in [-0.05, 0) is 29.5 Å². The molecular formula is C16H16Cl2N4O. The van der Waals surface area contributed by atoms with E-state index in [1.54, 1.807) is 42.5 Å². The first-order valence-electron chi connectivity index (χ1n) is 6.13. The molecule has 23 heavy (non-hydrogen) atoms. The van der Waals surface area contributed by atoms with E-state index in [1.165, 1.54) is 12.5 Å². The molecule has 0 radical (unpaired) electrons. The van der Waals surface area contributed by atoms with Crippen LogP contribution in [0.25, 0.3) is 0 Å². The fourth-order valence-electron chi connectivity index (χ4n) is 1.10. The quantitative estimate of drug-likeness (QED) is 0.619. The molecule has 0 bridgehead atoms. The molecule has 0 saturated heterocycles. The second-order valence-corrected chi connectivity index (χ2v) is 3.50. The van der Waals surface area contributed by atoms with E-state index >= 15 is 0 Å². The Morgan fingerprint density at radius 2 is 1.48 bits per heavy atom. The van der Waals surface area contributed by atoms with Crippen molar-refractivity contribution in [1.29, 1.82) is 5.26 Å². The van der Waals surface area contributed by atoms with Gasteiger partial charge in [-0.3, -0.25) is 0 Å². The molecule has 7 heteroatoms. The summed E-state index contributed by atoms with van der Waals surface area (Å²) in [5.74, 6) is 0. The second-order valence-electron chi connectivity index (χ2n) is 3.50. The van der Waals surface area contributed by atoms with Gasteiger partial charge in [0.15, 0.2) is 0 Å². The fourth-order valence-corrected chi connectivity index (χ4v) is 1.10. The first-order valence-corrected chi connectivity index (χ1v) is 6.13. The Balaban J connectivity index is 0. The van der Waals surface area contributed by atoms with E-state index in [4.69, 9.17) is 10.1 Å². The van der Waals surface area contributed by atoms with Crippen molar-refractivity contribution in [3.05, 3.63) is 84.7 Å². The topological polar surface area (TPSA) is 70.1 Å². The average Bonchev–Trinajstić information content (AvgIpc) is 2.51. The van der Waals surface area contributed by atoms with E-state index < -0.39 is 0 Å². The highest BCUT2D eigenvalue weighted by Crippen LogP contribution is 1.96. The predicted octanol–water partition coefficient (Wildman–Crippen LogP) is 4.96. The third-order valence-electron chi connectivity index (χ3n) is 2.00. The molecule has 0 spiro atoms. The SMILES string of the molecule is Cl.Cl.N#CC1=C\C=C\C=N/N=N/O/C=C\C=C\C=C\C=C\C=C\1. The van der Waals surface area contributed by atoms with Crippen LogP contribution in [0.5, 0.6) is 0 Å². The number of halogens is 2. The van der Waals surface area contributed by atoms with Gasteiger partial charge in [-0.25, -0.2) is 0 Å². The minimum Gasteiger partial charge on any atom is -0.346 e. The molecule has 1 heterocycles. The number of hydrogen-bond acceptors (Lipinski definition) is 5. The van der Waals surface area contributed by atoms with Gasteiger partial charge in [0.05, 0.1) is 23.1 Å². The Kier molecular flexibility index (Phi) is 17.1. The van der Waals surface area contributed by atoms with E-state index in [2.05, 4.69) is 21.7 Å². The maximum atomic E-state index is 8.94. The number of nitrogens with zero attached hydrogens (tertiary/aromatic N) is 4. The van der Waals surface area contributed by atoms with Crippen molar-refractivity contribution < 1.29 is 4.84 Å². The average molecular weight is 351 g/mol. The zero-order valence-corrected chi connectivity index (χ0v) is 13.7. The van der Waals surface area contributed by atoms with E-state index in [9.17, 15) is 0 Å². The van der Waals surface area contributed by atoms with Crippen molar-refractivity contribution in [3.8, 4) is 6.07 Å². The highest BCUT2D eigenvalue weighted by atomic mass is 35.5. The molecule has 0 amide bonds. The molecule has 0 aromatic rings. The third kappa shape index (κ3) is 14.0. The number of rotatable bonds is 0. The Morgan fingerprint density at radius 3 is 2.17 bits per heavy atom. The van der Waals surface area contributed by atoms with Gasteiger partial charge in [-0.15, -0.1) is 29.9 Å². The van der Waals surface area contributed by atoms with Gasteiger partial charge in [-0.2, -0.15) is 5.26 Å². The summed E-state index contributed by atoms with van der Waals surface area (Å²) in [4.78, 5) is 4.72. The van der Waals surface area contributed by atoms with Crippen molar-refractivity contribution in [2.75, 3.05) is 0 Å². The maximum Gasteiger partial charge on any atom is 0.124 e. The Morgan fingerprint density at radius 1 is 0.826 bits per heavy atom. The number of nitriles is 1. The van der Waals surface area contributed by atoms with Crippen LogP contribution in [0.1, 0.15) is 0 Å². The highest BCUT2D eigenvalue weighted by Gasteiger charge is 1.83. The predicted molar refractivity (Wildman–Crippen MR) is 97.5 cm³/mol. The zero-order valence-electron chi connectivity index (χ0n) is 12.1. The Labute approximate surface area is 147 Å². The van der Waals surface area contributed by atoms with Gasteiger partial charge in [0, 0.05) is 0 Å². The smallest absolute Gasteiger partial charge is 0.124 e. The summed E-state index contributed by atoms with van der Waals surface area (Å²) in [5.41, 5.74) is 0.528. The first kappa shape index (κ1) is 22.6. The lowest BCUT2D eigenvalue weighted by Crippen LogP contribution is -1.69. The molecule has 0 saturated carbocycles. The van der Waals surface area contributed by atoms with Crippen molar-refractivity contribution in [1.82, 2.24) is 0 Å². The van der Waals surface area contributed by atoms with Crippen LogP contribution in [0.3, 0.4) is 0 Å². The zero-order chi connectivity index (χ0) is 15.0. The molecule has 0 unspecified atom stereocenters.